The summed E-state index contributed by atoms with van der Waals surface area (Å²) in [5.74, 6) is 1.22. The second kappa shape index (κ2) is 9.39. The number of ketones is 1. The zero-order valence-electron chi connectivity index (χ0n) is 16.3. The van der Waals surface area contributed by atoms with Crippen molar-refractivity contribution in [3.8, 4) is 11.5 Å². The van der Waals surface area contributed by atoms with Gasteiger partial charge in [-0.1, -0.05) is 18.5 Å². The molecule has 0 unspecified atom stereocenters. The topological polar surface area (TPSA) is 84.3 Å². The van der Waals surface area contributed by atoms with Crippen molar-refractivity contribution in [2.75, 3.05) is 12.4 Å². The number of aromatic nitrogens is 2. The highest BCUT2D eigenvalue weighted by Crippen LogP contribution is 2.31. The fourth-order valence-corrected chi connectivity index (χ4v) is 3.13. The van der Waals surface area contributed by atoms with E-state index in [1.807, 2.05) is 13.0 Å². The molecule has 0 bridgehead atoms. The minimum Gasteiger partial charge on any atom is -0.508 e. The van der Waals surface area contributed by atoms with Gasteiger partial charge >= 0.3 is 0 Å². The molecule has 150 valence electrons. The number of carbonyl (C=O) groups is 1. The van der Waals surface area contributed by atoms with Gasteiger partial charge in [0.05, 0.1) is 12.1 Å². The number of methoxy groups -OCH3 is 1. The molecule has 0 atom stereocenters. The second-order valence-corrected chi connectivity index (χ2v) is 6.89. The number of anilines is 2. The average molecular weight is 412 g/mol. The number of carbonyl (C=O) groups excluding carboxylic acids is 1. The first-order valence-corrected chi connectivity index (χ1v) is 9.64. The van der Waals surface area contributed by atoms with Gasteiger partial charge in [0.25, 0.3) is 0 Å². The molecule has 0 radical (unpaired) electrons. The second-order valence-electron chi connectivity index (χ2n) is 6.52. The van der Waals surface area contributed by atoms with Gasteiger partial charge in [-0.15, -0.1) is 0 Å². The molecule has 0 aliphatic rings. The number of aromatic hydroxyl groups is 1. The van der Waals surface area contributed by atoms with Crippen LogP contribution in [-0.4, -0.2) is 28.0 Å². The Morgan fingerprint density at radius 2 is 1.83 bits per heavy atom. The highest BCUT2D eigenvalue weighted by Gasteiger charge is 2.13. The van der Waals surface area contributed by atoms with E-state index < -0.39 is 0 Å². The van der Waals surface area contributed by atoms with E-state index in [9.17, 15) is 9.90 Å². The Labute approximate surface area is 174 Å². The SMILES string of the molecule is CCC(=O)c1cc(CCc2cnc(Nc3ccc(O)cc3)nc2)c(Cl)c(OC)c1. The number of Topliss-reactive ketones (excluding diaryl/α,β-unsaturated/α-hetero) is 1. The maximum Gasteiger partial charge on any atom is 0.227 e. The highest BCUT2D eigenvalue weighted by atomic mass is 35.5. The molecule has 3 rings (SSSR count). The van der Waals surface area contributed by atoms with Crippen molar-refractivity contribution in [3.63, 3.8) is 0 Å². The number of ether oxygens (including phenoxy) is 1. The Hall–Kier alpha value is -3.12. The Kier molecular flexibility index (Phi) is 6.67. The predicted molar refractivity (Wildman–Crippen MR) is 113 cm³/mol. The van der Waals surface area contributed by atoms with Crippen molar-refractivity contribution in [1.82, 2.24) is 9.97 Å². The molecule has 0 spiro atoms. The molecule has 0 fully saturated rings. The van der Waals surface area contributed by atoms with Gasteiger partial charge in [-0.3, -0.25) is 4.79 Å². The number of hydrogen-bond donors (Lipinski definition) is 2. The molecule has 0 saturated carbocycles. The molecule has 1 heterocycles. The van der Waals surface area contributed by atoms with Crippen LogP contribution in [0, 0.1) is 0 Å². The molecule has 0 saturated heterocycles. The van der Waals surface area contributed by atoms with E-state index in [-0.39, 0.29) is 11.5 Å². The van der Waals surface area contributed by atoms with Gasteiger partial charge in [0, 0.05) is 30.1 Å². The lowest BCUT2D eigenvalue weighted by molar-refractivity contribution is 0.0987. The van der Waals surface area contributed by atoms with E-state index in [1.54, 1.807) is 49.8 Å². The number of nitrogens with zero attached hydrogens (tertiary/aromatic N) is 2. The molecule has 1 aromatic heterocycles. The van der Waals surface area contributed by atoms with Crippen molar-refractivity contribution < 1.29 is 14.6 Å². The van der Waals surface area contributed by atoms with Gasteiger partial charge in [0.2, 0.25) is 5.95 Å². The zero-order valence-corrected chi connectivity index (χ0v) is 17.0. The van der Waals surface area contributed by atoms with E-state index in [4.69, 9.17) is 16.3 Å². The van der Waals surface area contributed by atoms with Crippen LogP contribution in [0.2, 0.25) is 5.02 Å². The van der Waals surface area contributed by atoms with Crippen LogP contribution in [0.4, 0.5) is 11.6 Å². The maximum absolute atomic E-state index is 12.1. The number of halogens is 1. The van der Waals surface area contributed by atoms with Gasteiger partial charge in [0.1, 0.15) is 11.5 Å². The Balaban J connectivity index is 1.69. The molecular weight excluding hydrogens is 390 g/mol. The molecule has 3 aromatic rings. The van der Waals surface area contributed by atoms with Crippen molar-refractivity contribution in [3.05, 3.63) is 70.5 Å². The standard InChI is InChI=1S/C22H22ClN3O3/c1-3-19(28)16-10-15(21(23)20(11-16)29-2)5-4-14-12-24-22(25-13-14)26-17-6-8-18(27)9-7-17/h6-13,27H,3-5H2,1-2H3,(H,24,25,26). The minimum atomic E-state index is 0.0502. The summed E-state index contributed by atoms with van der Waals surface area (Å²) in [7, 11) is 1.54. The normalized spacial score (nSPS) is 10.6. The zero-order chi connectivity index (χ0) is 20.8. The van der Waals surface area contributed by atoms with E-state index in [0.29, 0.717) is 41.5 Å². The minimum absolute atomic E-state index is 0.0502. The molecule has 2 aromatic carbocycles. The lowest BCUT2D eigenvalue weighted by atomic mass is 10.0. The monoisotopic (exact) mass is 411 g/mol. The summed E-state index contributed by atoms with van der Waals surface area (Å²) in [6, 6.07) is 10.2. The number of nitrogens with one attached hydrogen (secondary N) is 1. The predicted octanol–water partition coefficient (Wildman–Crippen LogP) is 4.97. The van der Waals surface area contributed by atoms with Crippen LogP contribution in [0.25, 0.3) is 0 Å². The van der Waals surface area contributed by atoms with Crippen LogP contribution in [-0.2, 0) is 12.8 Å². The third kappa shape index (κ3) is 5.23. The van der Waals surface area contributed by atoms with Crippen LogP contribution >= 0.6 is 11.6 Å². The van der Waals surface area contributed by atoms with E-state index in [0.717, 1.165) is 16.8 Å². The smallest absolute Gasteiger partial charge is 0.227 e. The molecule has 2 N–H and O–H groups in total. The maximum atomic E-state index is 12.1. The fourth-order valence-electron chi connectivity index (χ4n) is 2.85. The van der Waals surface area contributed by atoms with Gasteiger partial charge in [-0.05, 0) is 60.4 Å². The van der Waals surface area contributed by atoms with E-state index >= 15 is 0 Å². The first-order valence-electron chi connectivity index (χ1n) is 9.26. The van der Waals surface area contributed by atoms with Crippen molar-refractivity contribution in [1.29, 1.82) is 0 Å². The van der Waals surface area contributed by atoms with Gasteiger partial charge in [-0.2, -0.15) is 0 Å². The average Bonchev–Trinajstić information content (AvgIpc) is 2.75. The van der Waals surface area contributed by atoms with Crippen LogP contribution in [0.1, 0.15) is 34.8 Å². The summed E-state index contributed by atoms with van der Waals surface area (Å²) in [4.78, 5) is 20.7. The third-order valence-corrected chi connectivity index (χ3v) is 4.92. The molecular formula is C22H22ClN3O3. The largest absolute Gasteiger partial charge is 0.508 e. The summed E-state index contributed by atoms with van der Waals surface area (Å²) in [5, 5.41) is 12.9. The van der Waals surface area contributed by atoms with Crippen LogP contribution in [0.5, 0.6) is 11.5 Å². The lowest BCUT2D eigenvalue weighted by Gasteiger charge is -2.12. The number of benzene rings is 2. The van der Waals surface area contributed by atoms with Crippen molar-refractivity contribution in [2.24, 2.45) is 0 Å². The number of phenols is 1. The summed E-state index contributed by atoms with van der Waals surface area (Å²) in [6.45, 7) is 1.83. The quantitative estimate of drug-likeness (QED) is 0.402. The number of aryl methyl sites for hydroxylation is 2. The first-order chi connectivity index (χ1) is 14.0. The summed E-state index contributed by atoms with van der Waals surface area (Å²) < 4.78 is 5.32. The van der Waals surface area contributed by atoms with E-state index in [1.165, 1.54) is 0 Å². The molecule has 7 heteroatoms. The highest BCUT2D eigenvalue weighted by molar-refractivity contribution is 6.33. The van der Waals surface area contributed by atoms with Gasteiger partial charge in [0.15, 0.2) is 5.78 Å². The van der Waals surface area contributed by atoms with E-state index in [2.05, 4.69) is 15.3 Å². The first kappa shape index (κ1) is 20.6. The van der Waals surface area contributed by atoms with Crippen LogP contribution < -0.4 is 10.1 Å². The summed E-state index contributed by atoms with van der Waals surface area (Å²) in [5.41, 5.74) is 3.19. The molecule has 0 amide bonds. The molecule has 29 heavy (non-hydrogen) atoms. The van der Waals surface area contributed by atoms with Gasteiger partial charge < -0.3 is 15.2 Å². The molecule has 0 aliphatic heterocycles. The lowest BCUT2D eigenvalue weighted by Crippen LogP contribution is -2.03. The van der Waals surface area contributed by atoms with Crippen LogP contribution in [0.3, 0.4) is 0 Å². The Bertz CT molecular complexity index is 989. The molecule has 0 aliphatic carbocycles. The van der Waals surface area contributed by atoms with Gasteiger partial charge in [-0.25, -0.2) is 9.97 Å². The number of rotatable bonds is 8. The third-order valence-electron chi connectivity index (χ3n) is 4.49. The Morgan fingerprint density at radius 1 is 1.14 bits per heavy atom. The summed E-state index contributed by atoms with van der Waals surface area (Å²) in [6.07, 6.45) is 5.23. The molecule has 6 nitrogen and oxygen atoms in total. The Morgan fingerprint density at radius 3 is 2.45 bits per heavy atom. The van der Waals surface area contributed by atoms with Crippen molar-refractivity contribution in [2.45, 2.75) is 26.2 Å². The van der Waals surface area contributed by atoms with Crippen molar-refractivity contribution >= 4 is 29.0 Å². The number of phenolic OH excluding ortho intramolecular Hbond substituents is 1. The van der Waals surface area contributed by atoms with Crippen LogP contribution in [0.15, 0.2) is 48.8 Å². The number of hydrogen-bond acceptors (Lipinski definition) is 6. The fraction of sp³-hybridized carbons (Fsp3) is 0.227. The summed E-state index contributed by atoms with van der Waals surface area (Å²) >= 11 is 6.43.